The number of rotatable bonds is 4. The Labute approximate surface area is 181 Å². The van der Waals surface area contributed by atoms with Crippen molar-refractivity contribution in [1.29, 1.82) is 0 Å². The quantitative estimate of drug-likeness (QED) is 0.564. The van der Waals surface area contributed by atoms with Crippen LogP contribution in [0.25, 0.3) is 11.1 Å². The highest BCUT2D eigenvalue weighted by Gasteiger charge is 2.31. The lowest BCUT2D eigenvalue weighted by atomic mass is 10.0. The van der Waals surface area contributed by atoms with E-state index in [0.29, 0.717) is 28.1 Å². The van der Waals surface area contributed by atoms with Gasteiger partial charge < -0.3 is 5.32 Å². The van der Waals surface area contributed by atoms with E-state index in [1.165, 1.54) is 30.3 Å². The maximum Gasteiger partial charge on any atom is 0.416 e. The van der Waals surface area contributed by atoms with Crippen molar-refractivity contribution >= 4 is 29.1 Å². The van der Waals surface area contributed by atoms with Crippen LogP contribution in [0.3, 0.4) is 0 Å². The average Bonchev–Trinajstić information content (AvgIpc) is 3.12. The minimum atomic E-state index is -4.42. The molecule has 0 aliphatic carbocycles. The predicted molar refractivity (Wildman–Crippen MR) is 113 cm³/mol. The topological polar surface area (TPSA) is 66.5 Å². The molecule has 3 aromatic rings. The van der Waals surface area contributed by atoms with Gasteiger partial charge in [-0.1, -0.05) is 24.3 Å². The number of halogens is 3. The number of alkyl halides is 3. The highest BCUT2D eigenvalue weighted by molar-refractivity contribution is 6.20. The number of nitrogens with zero attached hydrogens (tertiary/aromatic N) is 1. The highest BCUT2D eigenvalue weighted by atomic mass is 19.4. The number of amides is 3. The molecule has 0 atom stereocenters. The standard InChI is InChI=1S/C24H17F3N2O3/c25-24(26,27)18-3-1-2-17(14-18)15-4-8-19(9-5-15)28-23(32)16-6-10-20(11-7-16)29-21(30)12-13-22(29)31/h1-11,14H,12-13H2,(H,28,32). The Morgan fingerprint density at radius 1 is 0.812 bits per heavy atom. The van der Waals surface area contributed by atoms with Gasteiger partial charge in [-0.25, -0.2) is 0 Å². The van der Waals surface area contributed by atoms with Crippen molar-refractivity contribution in [3.05, 3.63) is 83.9 Å². The van der Waals surface area contributed by atoms with Crippen LogP contribution in [0.2, 0.25) is 0 Å². The third-order valence-electron chi connectivity index (χ3n) is 5.11. The first-order valence-electron chi connectivity index (χ1n) is 9.77. The van der Waals surface area contributed by atoms with Gasteiger partial charge in [0.05, 0.1) is 11.3 Å². The summed E-state index contributed by atoms with van der Waals surface area (Å²) in [5, 5.41) is 2.71. The molecule has 1 aliphatic heterocycles. The van der Waals surface area contributed by atoms with Crippen molar-refractivity contribution in [1.82, 2.24) is 0 Å². The number of anilines is 2. The fourth-order valence-corrected chi connectivity index (χ4v) is 3.45. The van der Waals surface area contributed by atoms with E-state index in [-0.39, 0.29) is 24.7 Å². The third kappa shape index (κ3) is 4.39. The van der Waals surface area contributed by atoms with E-state index in [1.54, 1.807) is 30.3 Å². The summed E-state index contributed by atoms with van der Waals surface area (Å²) in [7, 11) is 0. The normalized spacial score (nSPS) is 14.0. The molecule has 0 saturated carbocycles. The first-order valence-corrected chi connectivity index (χ1v) is 9.77. The maximum absolute atomic E-state index is 12.9. The minimum absolute atomic E-state index is 0.178. The number of nitrogens with one attached hydrogen (secondary N) is 1. The lowest BCUT2D eigenvalue weighted by Gasteiger charge is -2.14. The maximum atomic E-state index is 12.9. The van der Waals surface area contributed by atoms with Crippen LogP contribution in [0.4, 0.5) is 24.5 Å². The molecule has 8 heteroatoms. The molecule has 1 N–H and O–H groups in total. The molecule has 0 unspecified atom stereocenters. The second kappa shape index (κ2) is 8.30. The van der Waals surface area contributed by atoms with Gasteiger partial charge in [0, 0.05) is 24.1 Å². The van der Waals surface area contributed by atoms with Crippen molar-refractivity contribution < 1.29 is 27.6 Å². The summed E-state index contributed by atoms with van der Waals surface area (Å²) < 4.78 is 38.8. The van der Waals surface area contributed by atoms with Crippen LogP contribution in [0.5, 0.6) is 0 Å². The second-order valence-electron chi connectivity index (χ2n) is 7.28. The molecule has 3 aromatic carbocycles. The molecule has 1 saturated heterocycles. The van der Waals surface area contributed by atoms with Crippen molar-refractivity contribution in [2.24, 2.45) is 0 Å². The Balaban J connectivity index is 1.45. The van der Waals surface area contributed by atoms with Crippen LogP contribution in [0.15, 0.2) is 72.8 Å². The second-order valence-corrected chi connectivity index (χ2v) is 7.28. The molecule has 1 heterocycles. The molecular weight excluding hydrogens is 421 g/mol. The zero-order valence-corrected chi connectivity index (χ0v) is 16.6. The smallest absolute Gasteiger partial charge is 0.322 e. The molecule has 0 spiro atoms. The molecule has 1 fully saturated rings. The Hall–Kier alpha value is -3.94. The van der Waals surface area contributed by atoms with Gasteiger partial charge in [-0.3, -0.25) is 19.3 Å². The summed E-state index contributed by atoms with van der Waals surface area (Å²) in [5.41, 5.74) is 1.49. The van der Waals surface area contributed by atoms with Crippen LogP contribution in [0, 0.1) is 0 Å². The molecule has 0 aromatic heterocycles. The molecule has 1 aliphatic rings. The summed E-state index contributed by atoms with van der Waals surface area (Å²) in [6, 6.07) is 17.6. The fourth-order valence-electron chi connectivity index (χ4n) is 3.45. The molecule has 162 valence electrons. The van der Waals surface area contributed by atoms with Crippen LogP contribution in [-0.2, 0) is 15.8 Å². The van der Waals surface area contributed by atoms with E-state index >= 15 is 0 Å². The van der Waals surface area contributed by atoms with Crippen molar-refractivity contribution in [3.8, 4) is 11.1 Å². The summed E-state index contributed by atoms with van der Waals surface area (Å²) in [6.45, 7) is 0. The van der Waals surface area contributed by atoms with Crippen LogP contribution >= 0.6 is 0 Å². The number of hydrogen-bond acceptors (Lipinski definition) is 3. The number of hydrogen-bond donors (Lipinski definition) is 1. The molecule has 32 heavy (non-hydrogen) atoms. The molecule has 5 nitrogen and oxygen atoms in total. The first kappa shape index (κ1) is 21.3. The monoisotopic (exact) mass is 438 g/mol. The fraction of sp³-hybridized carbons (Fsp3) is 0.125. The molecule has 4 rings (SSSR count). The molecular formula is C24H17F3N2O3. The van der Waals surface area contributed by atoms with Crippen LogP contribution < -0.4 is 10.2 Å². The van der Waals surface area contributed by atoms with Crippen molar-refractivity contribution in [2.75, 3.05) is 10.2 Å². The summed E-state index contributed by atoms with van der Waals surface area (Å²) in [5.74, 6) is -0.941. The van der Waals surface area contributed by atoms with Gasteiger partial charge in [0.1, 0.15) is 0 Å². The SMILES string of the molecule is O=C(Nc1ccc(-c2cccc(C(F)(F)F)c2)cc1)c1ccc(N2C(=O)CCC2=O)cc1. The van der Waals surface area contributed by atoms with Gasteiger partial charge >= 0.3 is 6.18 Å². The molecule has 3 amide bonds. The lowest BCUT2D eigenvalue weighted by Crippen LogP contribution is -2.28. The van der Waals surface area contributed by atoms with E-state index < -0.39 is 17.6 Å². The third-order valence-corrected chi connectivity index (χ3v) is 5.11. The number of benzene rings is 3. The Bertz CT molecular complexity index is 1170. The number of carbonyl (C=O) groups is 3. The van der Waals surface area contributed by atoms with Gasteiger partial charge in [0.2, 0.25) is 11.8 Å². The van der Waals surface area contributed by atoms with Crippen LogP contribution in [-0.4, -0.2) is 17.7 Å². The number of carbonyl (C=O) groups excluding carboxylic acids is 3. The van der Waals surface area contributed by atoms with Gasteiger partial charge in [0.25, 0.3) is 5.91 Å². The van der Waals surface area contributed by atoms with E-state index in [1.807, 2.05) is 0 Å². The Morgan fingerprint density at radius 2 is 1.44 bits per heavy atom. The largest absolute Gasteiger partial charge is 0.416 e. The number of imide groups is 1. The first-order chi connectivity index (χ1) is 15.2. The lowest BCUT2D eigenvalue weighted by molar-refractivity contribution is -0.137. The van der Waals surface area contributed by atoms with Crippen molar-refractivity contribution in [3.63, 3.8) is 0 Å². The van der Waals surface area contributed by atoms with E-state index in [2.05, 4.69) is 5.32 Å². The van der Waals surface area contributed by atoms with Gasteiger partial charge in [-0.15, -0.1) is 0 Å². The summed E-state index contributed by atoms with van der Waals surface area (Å²) >= 11 is 0. The Kier molecular flexibility index (Phi) is 5.52. The van der Waals surface area contributed by atoms with Crippen LogP contribution in [0.1, 0.15) is 28.8 Å². The Morgan fingerprint density at radius 3 is 2.03 bits per heavy atom. The van der Waals surface area contributed by atoms with Gasteiger partial charge in [-0.05, 0) is 59.7 Å². The van der Waals surface area contributed by atoms with Gasteiger partial charge in [-0.2, -0.15) is 13.2 Å². The van der Waals surface area contributed by atoms with Crippen molar-refractivity contribution in [2.45, 2.75) is 19.0 Å². The highest BCUT2D eigenvalue weighted by Crippen LogP contribution is 2.32. The zero-order valence-electron chi connectivity index (χ0n) is 16.6. The predicted octanol–water partition coefficient (Wildman–Crippen LogP) is 5.28. The zero-order chi connectivity index (χ0) is 22.9. The molecule has 0 bridgehead atoms. The van der Waals surface area contributed by atoms with Gasteiger partial charge in [0.15, 0.2) is 0 Å². The summed E-state index contributed by atoms with van der Waals surface area (Å²) in [6.07, 6.45) is -4.07. The van der Waals surface area contributed by atoms with E-state index in [0.717, 1.165) is 17.0 Å². The minimum Gasteiger partial charge on any atom is -0.322 e. The average molecular weight is 438 g/mol. The van der Waals surface area contributed by atoms with E-state index in [9.17, 15) is 27.6 Å². The molecule has 0 radical (unpaired) electrons. The summed E-state index contributed by atoms with van der Waals surface area (Å²) in [4.78, 5) is 37.2. The van der Waals surface area contributed by atoms with E-state index in [4.69, 9.17) is 0 Å².